The van der Waals surface area contributed by atoms with E-state index in [1.54, 1.807) is 18.4 Å². The third-order valence-electron chi connectivity index (χ3n) is 4.41. The van der Waals surface area contributed by atoms with Gasteiger partial charge in [0.15, 0.2) is 0 Å². The first kappa shape index (κ1) is 18.5. The smallest absolute Gasteiger partial charge is 0.276 e. The molecule has 1 atom stereocenters. The number of aryl methyl sites for hydroxylation is 1. The lowest BCUT2D eigenvalue weighted by Gasteiger charge is -2.17. The number of carbonyl (C=O) groups excluding carboxylic acids is 1. The minimum atomic E-state index is -0.619. The summed E-state index contributed by atoms with van der Waals surface area (Å²) in [4.78, 5) is 25.7. The summed E-state index contributed by atoms with van der Waals surface area (Å²) in [7, 11) is 1.63. The molecule has 0 aliphatic heterocycles. The summed E-state index contributed by atoms with van der Waals surface area (Å²) in [6.45, 7) is 4.87. The number of carbonyl (C=O) groups is 1. The van der Waals surface area contributed by atoms with Crippen molar-refractivity contribution in [2.75, 3.05) is 20.3 Å². The van der Waals surface area contributed by atoms with E-state index in [0.29, 0.717) is 25.0 Å². The molecule has 1 amide bonds. The molecule has 3 aromatic rings. The van der Waals surface area contributed by atoms with Crippen LogP contribution in [0.4, 0.5) is 0 Å². The van der Waals surface area contributed by atoms with Gasteiger partial charge in [0.05, 0.1) is 15.8 Å². The minimum Gasteiger partial charge on any atom is -0.385 e. The Morgan fingerprint density at radius 2 is 2.15 bits per heavy atom. The number of fused-ring (bicyclic) bond motifs is 3. The van der Waals surface area contributed by atoms with Gasteiger partial charge in [0, 0.05) is 30.3 Å². The summed E-state index contributed by atoms with van der Waals surface area (Å²) in [5.41, 5.74) is 0.563. The van der Waals surface area contributed by atoms with E-state index in [-0.39, 0.29) is 11.5 Å². The third-order valence-corrected chi connectivity index (χ3v) is 5.69. The molecule has 1 aromatic carbocycles. The Balaban J connectivity index is 2.03. The van der Waals surface area contributed by atoms with Gasteiger partial charge in [-0.15, -0.1) is 11.3 Å². The molecule has 26 heavy (non-hydrogen) atoms. The highest BCUT2D eigenvalue weighted by Crippen LogP contribution is 2.33. The van der Waals surface area contributed by atoms with Gasteiger partial charge in [-0.3, -0.25) is 9.59 Å². The number of hydrogen-bond acceptors (Lipinski definition) is 5. The molecule has 2 heterocycles. The number of aromatic nitrogens is 2. The number of hydrogen-bond donors (Lipinski definition) is 1. The van der Waals surface area contributed by atoms with Crippen LogP contribution in [0.5, 0.6) is 0 Å². The van der Waals surface area contributed by atoms with Crippen molar-refractivity contribution < 1.29 is 9.53 Å². The van der Waals surface area contributed by atoms with Crippen LogP contribution in [0.1, 0.15) is 31.5 Å². The molecule has 0 aliphatic carbocycles. The van der Waals surface area contributed by atoms with Crippen molar-refractivity contribution in [3.8, 4) is 0 Å². The van der Waals surface area contributed by atoms with Crippen LogP contribution in [0.3, 0.4) is 0 Å². The lowest BCUT2D eigenvalue weighted by atomic mass is 10.1. The van der Waals surface area contributed by atoms with Crippen LogP contribution >= 0.6 is 11.3 Å². The molecule has 0 fully saturated rings. The van der Waals surface area contributed by atoms with Crippen LogP contribution in [-0.4, -0.2) is 35.9 Å². The van der Waals surface area contributed by atoms with Crippen LogP contribution in [-0.2, 0) is 9.53 Å². The average Bonchev–Trinajstić information content (AvgIpc) is 3.04. The molecular formula is C19H23N3O3S. The molecule has 0 saturated carbocycles. The summed E-state index contributed by atoms with van der Waals surface area (Å²) >= 11 is 1.57. The van der Waals surface area contributed by atoms with Crippen LogP contribution in [0.15, 0.2) is 29.1 Å². The van der Waals surface area contributed by atoms with Gasteiger partial charge in [0.25, 0.3) is 5.56 Å². The number of rotatable bonds is 7. The van der Waals surface area contributed by atoms with E-state index in [1.165, 1.54) is 4.68 Å². The monoisotopic (exact) mass is 373 g/mol. The normalized spacial score (nSPS) is 12.6. The Kier molecular flexibility index (Phi) is 5.68. The van der Waals surface area contributed by atoms with Crippen molar-refractivity contribution in [2.45, 2.75) is 32.7 Å². The maximum Gasteiger partial charge on any atom is 0.276 e. The zero-order valence-electron chi connectivity index (χ0n) is 15.2. The summed E-state index contributed by atoms with van der Waals surface area (Å²) in [6, 6.07) is 7.22. The van der Waals surface area contributed by atoms with E-state index >= 15 is 0 Å². The van der Waals surface area contributed by atoms with Crippen molar-refractivity contribution in [3.63, 3.8) is 0 Å². The second-order valence-electron chi connectivity index (χ2n) is 6.20. The maximum absolute atomic E-state index is 13.1. The van der Waals surface area contributed by atoms with Crippen LogP contribution in [0.2, 0.25) is 0 Å². The van der Waals surface area contributed by atoms with E-state index in [1.807, 2.05) is 38.1 Å². The predicted octanol–water partition coefficient (Wildman–Crippen LogP) is 3.02. The van der Waals surface area contributed by atoms with Gasteiger partial charge in [-0.2, -0.15) is 5.10 Å². The van der Waals surface area contributed by atoms with Gasteiger partial charge in [0.1, 0.15) is 6.04 Å². The Bertz CT molecular complexity index is 993. The molecule has 0 unspecified atom stereocenters. The zero-order chi connectivity index (χ0) is 18.7. The molecule has 0 radical (unpaired) electrons. The van der Waals surface area contributed by atoms with Crippen molar-refractivity contribution in [3.05, 3.63) is 40.3 Å². The second kappa shape index (κ2) is 7.97. The molecular weight excluding hydrogens is 350 g/mol. The van der Waals surface area contributed by atoms with Crippen LogP contribution < -0.4 is 10.9 Å². The SMILES string of the molecule is CC[C@H](C(=O)NCCCOC)n1nc(C)c2sc3ccccc3c2c1=O. The van der Waals surface area contributed by atoms with Crippen molar-refractivity contribution in [1.82, 2.24) is 15.1 Å². The molecule has 1 N–H and O–H groups in total. The predicted molar refractivity (Wildman–Crippen MR) is 105 cm³/mol. The van der Waals surface area contributed by atoms with Crippen molar-refractivity contribution in [2.24, 2.45) is 0 Å². The Morgan fingerprint density at radius 3 is 2.88 bits per heavy atom. The van der Waals surface area contributed by atoms with Crippen molar-refractivity contribution >= 4 is 37.4 Å². The van der Waals surface area contributed by atoms with Crippen LogP contribution in [0, 0.1) is 6.92 Å². The number of thiophene rings is 1. The molecule has 0 bridgehead atoms. The average molecular weight is 373 g/mol. The molecule has 0 saturated heterocycles. The second-order valence-corrected chi connectivity index (χ2v) is 7.25. The largest absolute Gasteiger partial charge is 0.385 e. The highest BCUT2D eigenvalue weighted by atomic mass is 32.1. The van der Waals surface area contributed by atoms with Gasteiger partial charge in [-0.05, 0) is 25.8 Å². The van der Waals surface area contributed by atoms with E-state index in [9.17, 15) is 9.59 Å². The molecule has 138 valence electrons. The molecule has 0 spiro atoms. The summed E-state index contributed by atoms with van der Waals surface area (Å²) < 4.78 is 8.29. The Labute approximate surface area is 155 Å². The number of ether oxygens (including phenoxy) is 1. The number of amides is 1. The molecule has 3 rings (SSSR count). The molecule has 0 aliphatic rings. The topological polar surface area (TPSA) is 73.2 Å². The summed E-state index contributed by atoms with van der Waals surface area (Å²) in [5, 5.41) is 8.92. The summed E-state index contributed by atoms with van der Waals surface area (Å²) in [6.07, 6.45) is 1.23. The molecule has 7 heteroatoms. The fraction of sp³-hybridized carbons (Fsp3) is 0.421. The first-order chi connectivity index (χ1) is 12.6. The highest BCUT2D eigenvalue weighted by molar-refractivity contribution is 7.26. The standard InChI is InChI=1S/C19H23N3O3S/c1-4-14(18(23)20-10-7-11-25-3)22-19(24)16-13-8-5-6-9-15(13)26-17(16)12(2)21-22/h5-6,8-9,14H,4,7,10-11H2,1-3H3,(H,20,23)/t14-/m1/s1. The molecule has 2 aromatic heterocycles. The van der Waals surface area contributed by atoms with E-state index < -0.39 is 6.04 Å². The number of methoxy groups -OCH3 is 1. The van der Waals surface area contributed by atoms with Gasteiger partial charge in [-0.25, -0.2) is 4.68 Å². The van der Waals surface area contributed by atoms with Crippen molar-refractivity contribution in [1.29, 1.82) is 0 Å². The fourth-order valence-corrected chi connectivity index (χ4v) is 4.24. The number of benzene rings is 1. The highest BCUT2D eigenvalue weighted by Gasteiger charge is 2.23. The maximum atomic E-state index is 13.1. The van der Waals surface area contributed by atoms with Gasteiger partial charge >= 0.3 is 0 Å². The quantitative estimate of drug-likeness (QED) is 0.646. The lowest BCUT2D eigenvalue weighted by Crippen LogP contribution is -2.39. The van der Waals surface area contributed by atoms with E-state index in [0.717, 1.165) is 26.9 Å². The van der Waals surface area contributed by atoms with Gasteiger partial charge in [-0.1, -0.05) is 25.1 Å². The fourth-order valence-electron chi connectivity index (χ4n) is 3.11. The van der Waals surface area contributed by atoms with Gasteiger partial charge < -0.3 is 10.1 Å². The first-order valence-corrected chi connectivity index (χ1v) is 9.57. The molecule has 6 nitrogen and oxygen atoms in total. The lowest BCUT2D eigenvalue weighted by molar-refractivity contribution is -0.124. The first-order valence-electron chi connectivity index (χ1n) is 8.75. The van der Waals surface area contributed by atoms with Crippen LogP contribution in [0.25, 0.3) is 20.2 Å². The summed E-state index contributed by atoms with van der Waals surface area (Å²) in [5.74, 6) is -0.184. The third kappa shape index (κ3) is 3.37. The van der Waals surface area contributed by atoms with E-state index in [2.05, 4.69) is 10.4 Å². The van der Waals surface area contributed by atoms with E-state index in [4.69, 9.17) is 4.74 Å². The number of nitrogens with zero attached hydrogens (tertiary/aromatic N) is 2. The Morgan fingerprint density at radius 1 is 1.38 bits per heavy atom. The van der Waals surface area contributed by atoms with Gasteiger partial charge in [0.2, 0.25) is 5.91 Å². The minimum absolute atomic E-state index is 0.184. The number of nitrogens with one attached hydrogen (secondary N) is 1. The Hall–Kier alpha value is -2.25. The zero-order valence-corrected chi connectivity index (χ0v) is 16.1.